The summed E-state index contributed by atoms with van der Waals surface area (Å²) in [6.07, 6.45) is 0. The van der Waals surface area contributed by atoms with Gasteiger partial charge in [0.1, 0.15) is 0 Å². The lowest BCUT2D eigenvalue weighted by molar-refractivity contribution is 0.133. The molecule has 1 heterocycles. The molecule has 1 radical (unpaired) electrons. The first-order valence-corrected chi connectivity index (χ1v) is 4.11. The van der Waals surface area contributed by atoms with Crippen LogP contribution in [0.1, 0.15) is 20.8 Å². The Balaban J connectivity index is 2.40. The summed E-state index contributed by atoms with van der Waals surface area (Å²) in [6, 6.07) is 1.35. The van der Waals surface area contributed by atoms with Gasteiger partial charge in [0.2, 0.25) is 0 Å². The van der Waals surface area contributed by atoms with Crippen molar-refractivity contribution in [2.45, 2.75) is 32.9 Å². The Labute approximate surface area is 63.6 Å². The summed E-state index contributed by atoms with van der Waals surface area (Å²) in [5, 5.41) is 4.35. The third kappa shape index (κ3) is 1.70. The van der Waals surface area contributed by atoms with E-state index in [0.29, 0.717) is 12.1 Å². The molecule has 2 nitrogen and oxygen atoms in total. The minimum Gasteiger partial charge on any atom is -0.296 e. The highest BCUT2D eigenvalue weighted by molar-refractivity contribution is 4.77. The zero-order valence-electron chi connectivity index (χ0n) is 7.17. The first-order valence-electron chi connectivity index (χ1n) is 4.11. The van der Waals surface area contributed by atoms with Crippen LogP contribution in [0.2, 0.25) is 0 Å². The van der Waals surface area contributed by atoms with Crippen LogP contribution in [-0.4, -0.2) is 36.6 Å². The average Bonchev–Trinajstić information content (AvgIpc) is 1.88. The number of hydrogen-bond acceptors (Lipinski definition) is 1. The molecule has 2 heteroatoms. The van der Waals surface area contributed by atoms with E-state index in [1.807, 2.05) is 0 Å². The quantitative estimate of drug-likeness (QED) is 0.525. The standard InChI is InChI=1S/C8H17N2/c1-7(2)10-5-4-9-6-8(10)3/h7-8H,4-6H2,1-3H3. The Morgan fingerprint density at radius 1 is 1.50 bits per heavy atom. The largest absolute Gasteiger partial charge is 0.296 e. The molecule has 0 saturated carbocycles. The Hall–Kier alpha value is -0.0800. The van der Waals surface area contributed by atoms with Gasteiger partial charge in [-0.15, -0.1) is 0 Å². The molecule has 1 unspecified atom stereocenters. The maximum Gasteiger partial charge on any atom is 0.0287 e. The molecule has 0 aromatic heterocycles. The Morgan fingerprint density at radius 3 is 2.60 bits per heavy atom. The molecular weight excluding hydrogens is 124 g/mol. The lowest BCUT2D eigenvalue weighted by atomic mass is 10.2. The van der Waals surface area contributed by atoms with Gasteiger partial charge in [-0.3, -0.25) is 4.90 Å². The smallest absolute Gasteiger partial charge is 0.0287 e. The van der Waals surface area contributed by atoms with Gasteiger partial charge in [-0.2, -0.15) is 0 Å². The normalized spacial score (nSPS) is 29.4. The molecule has 0 spiro atoms. The summed E-state index contributed by atoms with van der Waals surface area (Å²) in [4.78, 5) is 2.51. The monoisotopic (exact) mass is 141 g/mol. The Morgan fingerprint density at radius 2 is 2.20 bits per heavy atom. The molecule has 10 heavy (non-hydrogen) atoms. The molecule has 0 bridgehead atoms. The maximum absolute atomic E-state index is 4.35. The summed E-state index contributed by atoms with van der Waals surface area (Å²) in [5.41, 5.74) is 0. The van der Waals surface area contributed by atoms with Crippen molar-refractivity contribution >= 4 is 0 Å². The summed E-state index contributed by atoms with van der Waals surface area (Å²) >= 11 is 0. The van der Waals surface area contributed by atoms with E-state index in [9.17, 15) is 0 Å². The van der Waals surface area contributed by atoms with Gasteiger partial charge in [-0.25, -0.2) is 5.32 Å². The lowest BCUT2D eigenvalue weighted by Gasteiger charge is -2.36. The summed E-state index contributed by atoms with van der Waals surface area (Å²) in [6.45, 7) is 9.96. The predicted molar refractivity (Wildman–Crippen MR) is 43.2 cm³/mol. The van der Waals surface area contributed by atoms with Gasteiger partial charge in [0, 0.05) is 31.7 Å². The van der Waals surface area contributed by atoms with Crippen molar-refractivity contribution in [3.05, 3.63) is 0 Å². The molecule has 0 aliphatic carbocycles. The van der Waals surface area contributed by atoms with Gasteiger partial charge in [-0.05, 0) is 20.8 Å². The van der Waals surface area contributed by atoms with Crippen molar-refractivity contribution in [3.63, 3.8) is 0 Å². The van der Waals surface area contributed by atoms with Gasteiger partial charge in [0.25, 0.3) is 0 Å². The van der Waals surface area contributed by atoms with Crippen molar-refractivity contribution in [1.82, 2.24) is 10.2 Å². The van der Waals surface area contributed by atoms with Crippen molar-refractivity contribution in [2.75, 3.05) is 19.6 Å². The van der Waals surface area contributed by atoms with Crippen LogP contribution in [0.4, 0.5) is 0 Å². The number of rotatable bonds is 1. The van der Waals surface area contributed by atoms with E-state index in [2.05, 4.69) is 31.0 Å². The molecule has 1 saturated heterocycles. The second kappa shape index (κ2) is 3.35. The van der Waals surface area contributed by atoms with Crippen molar-refractivity contribution < 1.29 is 0 Å². The van der Waals surface area contributed by atoms with Crippen LogP contribution < -0.4 is 5.32 Å². The lowest BCUT2D eigenvalue weighted by Crippen LogP contribution is -2.49. The number of piperazine rings is 1. The minimum absolute atomic E-state index is 0.661. The van der Waals surface area contributed by atoms with E-state index in [0.717, 1.165) is 19.6 Å². The van der Waals surface area contributed by atoms with Crippen LogP contribution in [0.15, 0.2) is 0 Å². The van der Waals surface area contributed by atoms with E-state index >= 15 is 0 Å². The highest BCUT2D eigenvalue weighted by atomic mass is 15.2. The van der Waals surface area contributed by atoms with Crippen LogP contribution in [0.3, 0.4) is 0 Å². The molecular formula is C8H17N2. The molecule has 1 rings (SSSR count). The highest BCUT2D eigenvalue weighted by Gasteiger charge is 2.20. The highest BCUT2D eigenvalue weighted by Crippen LogP contribution is 2.07. The topological polar surface area (TPSA) is 17.3 Å². The molecule has 1 atom stereocenters. The van der Waals surface area contributed by atoms with Crippen molar-refractivity contribution in [1.29, 1.82) is 0 Å². The zero-order valence-corrected chi connectivity index (χ0v) is 7.17. The number of nitrogens with zero attached hydrogens (tertiary/aromatic N) is 2. The van der Waals surface area contributed by atoms with E-state index in [1.165, 1.54) is 0 Å². The number of hydrogen-bond donors (Lipinski definition) is 0. The third-order valence-corrected chi connectivity index (χ3v) is 2.14. The van der Waals surface area contributed by atoms with E-state index in [1.54, 1.807) is 0 Å². The first-order chi connectivity index (χ1) is 4.72. The van der Waals surface area contributed by atoms with Gasteiger partial charge < -0.3 is 0 Å². The molecule has 0 amide bonds. The second-order valence-corrected chi connectivity index (χ2v) is 3.31. The molecule has 59 valence electrons. The first kappa shape index (κ1) is 8.02. The third-order valence-electron chi connectivity index (χ3n) is 2.14. The molecule has 1 aliphatic rings. The van der Waals surface area contributed by atoms with Gasteiger partial charge >= 0.3 is 0 Å². The molecule has 0 N–H and O–H groups in total. The fraction of sp³-hybridized carbons (Fsp3) is 1.00. The van der Waals surface area contributed by atoms with Gasteiger partial charge in [-0.1, -0.05) is 0 Å². The van der Waals surface area contributed by atoms with Crippen LogP contribution in [0.25, 0.3) is 0 Å². The van der Waals surface area contributed by atoms with E-state index in [4.69, 9.17) is 0 Å². The van der Waals surface area contributed by atoms with Crippen LogP contribution in [0, 0.1) is 0 Å². The van der Waals surface area contributed by atoms with E-state index < -0.39 is 0 Å². The van der Waals surface area contributed by atoms with Crippen LogP contribution >= 0.6 is 0 Å². The van der Waals surface area contributed by atoms with Crippen molar-refractivity contribution in [3.8, 4) is 0 Å². The molecule has 1 aliphatic heterocycles. The molecule has 0 aromatic rings. The minimum atomic E-state index is 0.661. The SMILES string of the molecule is CC(C)N1CC[N]CC1C. The predicted octanol–water partition coefficient (Wildman–Crippen LogP) is 0.703. The van der Waals surface area contributed by atoms with Gasteiger partial charge in [0.15, 0.2) is 0 Å². The molecule has 0 aromatic carbocycles. The van der Waals surface area contributed by atoms with Crippen molar-refractivity contribution in [2.24, 2.45) is 0 Å². The fourth-order valence-corrected chi connectivity index (χ4v) is 1.56. The van der Waals surface area contributed by atoms with E-state index in [-0.39, 0.29) is 0 Å². The van der Waals surface area contributed by atoms with Crippen LogP contribution in [-0.2, 0) is 0 Å². The summed E-state index contributed by atoms with van der Waals surface area (Å²) in [5.74, 6) is 0. The van der Waals surface area contributed by atoms with Crippen LogP contribution in [0.5, 0.6) is 0 Å². The molecule has 1 fully saturated rings. The van der Waals surface area contributed by atoms with Gasteiger partial charge in [0.05, 0.1) is 0 Å². The second-order valence-electron chi connectivity index (χ2n) is 3.31. The maximum atomic E-state index is 4.35. The summed E-state index contributed by atoms with van der Waals surface area (Å²) in [7, 11) is 0. The fourth-order valence-electron chi connectivity index (χ4n) is 1.56. The zero-order chi connectivity index (χ0) is 7.56. The average molecular weight is 141 g/mol. The summed E-state index contributed by atoms with van der Waals surface area (Å²) < 4.78 is 0. The Kier molecular flexibility index (Phi) is 2.69. The Bertz CT molecular complexity index is 101.